The largest absolute Gasteiger partial charge is 0.326 e. The highest BCUT2D eigenvalue weighted by molar-refractivity contribution is 7.80. The third-order valence-electron chi connectivity index (χ3n) is 1.73. The second-order valence-electron chi connectivity index (χ2n) is 3.49. The Balaban J connectivity index is 0. The van der Waals surface area contributed by atoms with Gasteiger partial charge in [-0.05, 0) is 20.3 Å². The predicted molar refractivity (Wildman–Crippen MR) is 75.3 cm³/mol. The summed E-state index contributed by atoms with van der Waals surface area (Å²) in [5.74, 6) is 0.618. The van der Waals surface area contributed by atoms with Gasteiger partial charge in [-0.2, -0.15) is 12.6 Å². The summed E-state index contributed by atoms with van der Waals surface area (Å²) in [6.45, 7) is 7.78. The van der Waals surface area contributed by atoms with Gasteiger partial charge in [-0.1, -0.05) is 6.92 Å². The first-order chi connectivity index (χ1) is 8.62. The van der Waals surface area contributed by atoms with Gasteiger partial charge in [0.2, 0.25) is 0 Å². The van der Waals surface area contributed by atoms with Crippen LogP contribution in [-0.4, -0.2) is 44.3 Å². The molecule has 0 aliphatic rings. The molecule has 2 unspecified atom stereocenters. The van der Waals surface area contributed by atoms with Crippen molar-refractivity contribution >= 4 is 12.6 Å². The number of hydrogen-bond acceptors (Lipinski definition) is 7. The maximum absolute atomic E-state index is 5.51. The van der Waals surface area contributed by atoms with Crippen molar-refractivity contribution in [1.82, 2.24) is 0 Å². The predicted octanol–water partition coefficient (Wildman–Crippen LogP) is 0.903. The lowest BCUT2D eigenvalue weighted by atomic mass is 10.3. The lowest BCUT2D eigenvalue weighted by molar-refractivity contribution is -0.293. The van der Waals surface area contributed by atoms with Crippen LogP contribution in [0.4, 0.5) is 0 Å². The Labute approximate surface area is 116 Å². The highest BCUT2D eigenvalue weighted by Gasteiger charge is 1.98. The Morgan fingerprint density at radius 1 is 0.833 bits per heavy atom. The molecule has 0 rings (SSSR count). The maximum atomic E-state index is 5.51. The van der Waals surface area contributed by atoms with Crippen LogP contribution in [0.25, 0.3) is 0 Å². The normalized spacial score (nSPS) is 13.7. The van der Waals surface area contributed by atoms with E-state index in [4.69, 9.17) is 16.4 Å². The van der Waals surface area contributed by atoms with E-state index < -0.39 is 0 Å². The average molecular weight is 284 g/mol. The van der Waals surface area contributed by atoms with E-state index in [0.717, 1.165) is 6.42 Å². The van der Waals surface area contributed by atoms with Crippen molar-refractivity contribution in [3.05, 3.63) is 0 Å². The standard InChI is InChI=1S/C6H15NO2.C5H13NO2S/c1-3-6(7)5-9-8-4-2;1-2-7-8-3-5(6)4-9/h6H,3-5,7H2,1-2H3;5,9H,2-4,6H2,1H3. The summed E-state index contributed by atoms with van der Waals surface area (Å²) in [7, 11) is 0. The Hall–Kier alpha value is 0.110. The van der Waals surface area contributed by atoms with Gasteiger partial charge in [0.05, 0.1) is 26.4 Å². The van der Waals surface area contributed by atoms with Crippen LogP contribution in [-0.2, 0) is 19.6 Å². The van der Waals surface area contributed by atoms with Crippen molar-refractivity contribution in [2.24, 2.45) is 11.5 Å². The van der Waals surface area contributed by atoms with E-state index in [1.807, 2.05) is 20.8 Å². The molecule has 0 amide bonds. The van der Waals surface area contributed by atoms with E-state index >= 15 is 0 Å². The molecule has 0 aromatic rings. The number of hydrogen-bond donors (Lipinski definition) is 3. The first kappa shape index (κ1) is 20.4. The van der Waals surface area contributed by atoms with E-state index in [1.165, 1.54) is 0 Å². The summed E-state index contributed by atoms with van der Waals surface area (Å²) in [6.07, 6.45) is 0.924. The third kappa shape index (κ3) is 18.5. The van der Waals surface area contributed by atoms with E-state index in [2.05, 4.69) is 27.3 Å². The van der Waals surface area contributed by atoms with Crippen molar-refractivity contribution in [2.75, 3.05) is 32.2 Å². The van der Waals surface area contributed by atoms with Crippen molar-refractivity contribution in [3.63, 3.8) is 0 Å². The molecule has 6 nitrogen and oxygen atoms in total. The minimum absolute atomic E-state index is 0.0279. The molecule has 0 fully saturated rings. The summed E-state index contributed by atoms with van der Waals surface area (Å²) < 4.78 is 0. The molecule has 0 radical (unpaired) electrons. The summed E-state index contributed by atoms with van der Waals surface area (Å²) in [5, 5.41) is 0. The first-order valence-corrected chi connectivity index (χ1v) is 6.86. The molecule has 112 valence electrons. The van der Waals surface area contributed by atoms with Gasteiger partial charge in [0.15, 0.2) is 0 Å². The number of rotatable bonds is 10. The molecule has 0 aliphatic heterocycles. The van der Waals surface area contributed by atoms with Crippen molar-refractivity contribution in [2.45, 2.75) is 39.3 Å². The zero-order chi connectivity index (χ0) is 14.2. The summed E-state index contributed by atoms with van der Waals surface area (Å²) in [5.41, 5.74) is 10.9. The molecule has 0 aromatic carbocycles. The van der Waals surface area contributed by atoms with Crippen LogP contribution in [0.3, 0.4) is 0 Å². The van der Waals surface area contributed by atoms with E-state index in [0.29, 0.717) is 32.2 Å². The van der Waals surface area contributed by atoms with Gasteiger partial charge in [-0.25, -0.2) is 19.6 Å². The van der Waals surface area contributed by atoms with Gasteiger partial charge < -0.3 is 11.5 Å². The van der Waals surface area contributed by atoms with Gasteiger partial charge in [-0.3, -0.25) is 0 Å². The SMILES string of the molecule is CCOOCC(N)CC.CCOOCC(N)CS. The molecule has 18 heavy (non-hydrogen) atoms. The number of nitrogens with two attached hydrogens (primary N) is 2. The second-order valence-corrected chi connectivity index (χ2v) is 3.86. The third-order valence-corrected chi connectivity index (χ3v) is 2.19. The molecule has 7 heteroatoms. The highest BCUT2D eigenvalue weighted by Crippen LogP contribution is 1.87. The van der Waals surface area contributed by atoms with E-state index in [-0.39, 0.29) is 12.1 Å². The molecule has 0 saturated heterocycles. The average Bonchev–Trinajstić information content (AvgIpc) is 2.39. The smallest absolute Gasteiger partial charge is 0.0981 e. The van der Waals surface area contributed by atoms with Crippen LogP contribution in [0.15, 0.2) is 0 Å². The quantitative estimate of drug-likeness (QED) is 0.239. The summed E-state index contributed by atoms with van der Waals surface area (Å²) in [4.78, 5) is 18.6. The Bertz CT molecular complexity index is 139. The molecule has 2 atom stereocenters. The fourth-order valence-electron chi connectivity index (χ4n) is 0.608. The molecule has 0 bridgehead atoms. The molecule has 0 aliphatic carbocycles. The Kier molecular flexibility index (Phi) is 19.4. The van der Waals surface area contributed by atoms with Crippen LogP contribution in [0.2, 0.25) is 0 Å². The second kappa shape index (κ2) is 17.1. The minimum atomic E-state index is -0.0279. The zero-order valence-corrected chi connectivity index (χ0v) is 12.5. The van der Waals surface area contributed by atoms with Crippen molar-refractivity contribution < 1.29 is 19.6 Å². The highest BCUT2D eigenvalue weighted by atomic mass is 32.1. The van der Waals surface area contributed by atoms with Gasteiger partial charge >= 0.3 is 0 Å². The summed E-state index contributed by atoms with van der Waals surface area (Å²) in [6, 6.07) is 0.0800. The lowest BCUT2D eigenvalue weighted by Crippen LogP contribution is -2.27. The van der Waals surface area contributed by atoms with Crippen LogP contribution in [0, 0.1) is 0 Å². The zero-order valence-electron chi connectivity index (χ0n) is 11.6. The first-order valence-electron chi connectivity index (χ1n) is 6.23. The van der Waals surface area contributed by atoms with E-state index in [9.17, 15) is 0 Å². The van der Waals surface area contributed by atoms with Crippen LogP contribution >= 0.6 is 12.6 Å². The van der Waals surface area contributed by atoms with Gasteiger partial charge in [0, 0.05) is 17.8 Å². The fraction of sp³-hybridized carbons (Fsp3) is 1.00. The molecule has 0 saturated carbocycles. The number of thiol groups is 1. The van der Waals surface area contributed by atoms with Crippen molar-refractivity contribution in [1.29, 1.82) is 0 Å². The van der Waals surface area contributed by atoms with Crippen LogP contribution < -0.4 is 11.5 Å². The Morgan fingerprint density at radius 3 is 1.61 bits per heavy atom. The monoisotopic (exact) mass is 284 g/mol. The Morgan fingerprint density at radius 2 is 1.28 bits per heavy atom. The maximum Gasteiger partial charge on any atom is 0.0981 e. The van der Waals surface area contributed by atoms with Gasteiger partial charge in [0.1, 0.15) is 0 Å². The molecular weight excluding hydrogens is 256 g/mol. The fourth-order valence-corrected chi connectivity index (χ4v) is 0.714. The molecule has 0 heterocycles. The topological polar surface area (TPSA) is 89.0 Å². The van der Waals surface area contributed by atoms with Gasteiger partial charge in [-0.15, -0.1) is 0 Å². The molecule has 0 spiro atoms. The van der Waals surface area contributed by atoms with E-state index in [1.54, 1.807) is 0 Å². The van der Waals surface area contributed by atoms with Crippen molar-refractivity contribution in [3.8, 4) is 0 Å². The summed E-state index contributed by atoms with van der Waals surface area (Å²) >= 11 is 3.96. The van der Waals surface area contributed by atoms with Crippen LogP contribution in [0.1, 0.15) is 27.2 Å². The molecule has 4 N–H and O–H groups in total. The van der Waals surface area contributed by atoms with Crippen LogP contribution in [0.5, 0.6) is 0 Å². The minimum Gasteiger partial charge on any atom is -0.326 e. The lowest BCUT2D eigenvalue weighted by Gasteiger charge is -2.06. The van der Waals surface area contributed by atoms with Gasteiger partial charge in [0.25, 0.3) is 0 Å². The molecular formula is C11H28N2O4S. The molecule has 0 aromatic heterocycles.